The molecule has 1 unspecified atom stereocenters. The van der Waals surface area contributed by atoms with Crippen molar-refractivity contribution in [3.63, 3.8) is 0 Å². The molecule has 7 rings (SSSR count). The fourth-order valence-electron chi connectivity index (χ4n) is 9.55. The Balaban J connectivity index is 1.07. The van der Waals surface area contributed by atoms with Crippen LogP contribution in [-0.4, -0.2) is 61.8 Å². The van der Waals surface area contributed by atoms with E-state index in [1.165, 1.54) is 46.5 Å². The highest BCUT2D eigenvalue weighted by atomic mass is 19.4. The van der Waals surface area contributed by atoms with Gasteiger partial charge in [-0.15, -0.1) is 0 Å². The van der Waals surface area contributed by atoms with Gasteiger partial charge in [-0.3, -0.25) is 29.0 Å². The standard InChI is InChI=1S/C49H57F3N6O4/c1-12-36-23-29(3)37(24-28(36)2)27-58-33(7)32(6)55(35(58)9)20-14-22-57-45(60)41-18-16-39(26-43(41)47(57)62)48(10,49(50,51)52)38-15-17-40-42(25-38)46(61)56(44(40)59)21-13-19-54-31(5)30(4)53(11)34(54)8/h15-18,23-26H,12-14,19-22,27H2,1-11H3/q+2. The molecule has 10 nitrogen and oxygen atoms in total. The van der Waals surface area contributed by atoms with Crippen molar-refractivity contribution in [2.75, 3.05) is 13.1 Å². The number of aryl methyl sites for hydroxylation is 3. The summed E-state index contributed by atoms with van der Waals surface area (Å²) in [6.07, 6.45) is -3.00. The summed E-state index contributed by atoms with van der Waals surface area (Å²) in [5.41, 5.74) is 6.17. The normalized spacial score (nSPS) is 15.0. The van der Waals surface area contributed by atoms with Crippen LogP contribution in [0.1, 0.15) is 136 Å². The molecule has 1 atom stereocenters. The highest BCUT2D eigenvalue weighted by Gasteiger charge is 2.55. The summed E-state index contributed by atoms with van der Waals surface area (Å²) in [5.74, 6) is -0.320. The summed E-state index contributed by atoms with van der Waals surface area (Å²) in [4.78, 5) is 56.7. The van der Waals surface area contributed by atoms with E-state index >= 15 is 13.2 Å². The Hall–Kier alpha value is -5.85. The maximum atomic E-state index is 15.4. The Morgan fingerprint density at radius 1 is 0.565 bits per heavy atom. The quantitative estimate of drug-likeness (QED) is 0.0897. The van der Waals surface area contributed by atoms with Gasteiger partial charge in [-0.05, 0) is 84.8 Å². The summed E-state index contributed by atoms with van der Waals surface area (Å²) < 4.78 is 54.8. The van der Waals surface area contributed by atoms with Crippen molar-refractivity contribution in [3.8, 4) is 0 Å². The number of carbonyl (C=O) groups is 4. The molecule has 0 bridgehead atoms. The molecule has 62 heavy (non-hydrogen) atoms. The van der Waals surface area contributed by atoms with Gasteiger partial charge in [0, 0.05) is 67.5 Å². The third-order valence-corrected chi connectivity index (χ3v) is 14.1. The largest absolute Gasteiger partial charge is 0.402 e. The second-order valence-corrected chi connectivity index (χ2v) is 17.3. The monoisotopic (exact) mass is 850 g/mol. The fraction of sp³-hybridized carbons (Fsp3) is 0.429. The van der Waals surface area contributed by atoms with E-state index < -0.39 is 35.2 Å². The second-order valence-electron chi connectivity index (χ2n) is 17.3. The molecule has 326 valence electrons. The maximum Gasteiger partial charge on any atom is 0.402 e. The van der Waals surface area contributed by atoms with Crippen LogP contribution in [0.15, 0.2) is 48.5 Å². The van der Waals surface area contributed by atoms with Gasteiger partial charge >= 0.3 is 6.18 Å². The molecular formula is C49H57F3N6O4+2. The lowest BCUT2D eigenvalue weighted by Gasteiger charge is -2.33. The average Bonchev–Trinajstić information content (AvgIpc) is 3.77. The van der Waals surface area contributed by atoms with Gasteiger partial charge < -0.3 is 0 Å². The number of nitrogens with zero attached hydrogens (tertiary/aromatic N) is 6. The third kappa shape index (κ3) is 7.06. The Morgan fingerprint density at radius 3 is 1.45 bits per heavy atom. The first-order valence-electron chi connectivity index (χ1n) is 21.4. The first kappa shape index (κ1) is 44.2. The van der Waals surface area contributed by atoms with Crippen LogP contribution in [0, 0.1) is 55.4 Å². The number of halogens is 3. The van der Waals surface area contributed by atoms with Crippen LogP contribution in [-0.2, 0) is 38.5 Å². The number of imide groups is 2. The molecule has 0 spiro atoms. The predicted octanol–water partition coefficient (Wildman–Crippen LogP) is 7.72. The first-order valence-corrected chi connectivity index (χ1v) is 21.4. The van der Waals surface area contributed by atoms with Gasteiger partial charge in [0.2, 0.25) is 0 Å². The van der Waals surface area contributed by atoms with Crippen molar-refractivity contribution in [3.05, 3.63) is 139 Å². The molecule has 0 fully saturated rings. The number of hydrogen-bond acceptors (Lipinski definition) is 4. The summed E-state index contributed by atoms with van der Waals surface area (Å²) in [6.45, 7) is 21.6. The van der Waals surface area contributed by atoms with E-state index in [4.69, 9.17) is 0 Å². The lowest BCUT2D eigenvalue weighted by atomic mass is 9.74. The molecule has 0 saturated heterocycles. The molecule has 4 heterocycles. The van der Waals surface area contributed by atoms with Crippen LogP contribution < -0.4 is 9.13 Å². The number of fused-ring (bicyclic) bond motifs is 2. The number of aromatic nitrogens is 4. The van der Waals surface area contributed by atoms with E-state index in [9.17, 15) is 19.2 Å². The molecule has 2 aromatic heterocycles. The van der Waals surface area contributed by atoms with Crippen molar-refractivity contribution in [2.24, 2.45) is 7.05 Å². The molecule has 5 aromatic rings. The lowest BCUT2D eigenvalue weighted by Crippen LogP contribution is -2.41. The Labute approximate surface area is 361 Å². The number of hydrogen-bond donors (Lipinski definition) is 0. The van der Waals surface area contributed by atoms with Gasteiger partial charge in [0.05, 0.1) is 42.4 Å². The number of amides is 4. The zero-order valence-electron chi connectivity index (χ0n) is 37.7. The number of benzene rings is 3. The van der Waals surface area contributed by atoms with E-state index in [0.717, 1.165) is 69.7 Å². The number of alkyl halides is 3. The zero-order valence-corrected chi connectivity index (χ0v) is 37.7. The van der Waals surface area contributed by atoms with Crippen LogP contribution in [0.4, 0.5) is 13.2 Å². The van der Waals surface area contributed by atoms with Gasteiger partial charge in [-0.2, -0.15) is 13.2 Å². The Morgan fingerprint density at radius 2 is 1.00 bits per heavy atom. The summed E-state index contributed by atoms with van der Waals surface area (Å²) in [6, 6.07) is 11.9. The average molecular weight is 851 g/mol. The molecule has 4 amide bonds. The second kappa shape index (κ2) is 16.1. The number of rotatable bonds is 13. The minimum atomic E-state index is -4.88. The topological polar surface area (TPSA) is 92.4 Å². The summed E-state index contributed by atoms with van der Waals surface area (Å²) in [5, 5.41) is 0. The zero-order chi connectivity index (χ0) is 45.3. The molecule has 3 aromatic carbocycles. The molecule has 13 heteroatoms. The van der Waals surface area contributed by atoms with E-state index in [-0.39, 0.29) is 46.5 Å². The highest BCUT2D eigenvalue weighted by molar-refractivity contribution is 6.22. The summed E-state index contributed by atoms with van der Waals surface area (Å²) >= 11 is 0. The number of carbonyl (C=O) groups excluding carboxylic acids is 4. The molecule has 2 aliphatic rings. The van der Waals surface area contributed by atoms with Crippen molar-refractivity contribution >= 4 is 23.6 Å². The molecule has 0 N–H and O–H groups in total. The summed E-state index contributed by atoms with van der Waals surface area (Å²) in [7, 11) is 1.97. The molecule has 0 saturated carbocycles. The lowest BCUT2D eigenvalue weighted by molar-refractivity contribution is -0.699. The predicted molar refractivity (Wildman–Crippen MR) is 228 cm³/mol. The minimum Gasteiger partial charge on any atom is -0.274 e. The fourth-order valence-corrected chi connectivity index (χ4v) is 9.55. The molecular weight excluding hydrogens is 794 g/mol. The van der Waals surface area contributed by atoms with Gasteiger partial charge in [0.15, 0.2) is 0 Å². The van der Waals surface area contributed by atoms with Gasteiger partial charge in [0.25, 0.3) is 35.3 Å². The minimum absolute atomic E-state index is 0.0459. The van der Waals surface area contributed by atoms with Crippen LogP contribution in [0.3, 0.4) is 0 Å². The van der Waals surface area contributed by atoms with E-state index in [1.807, 2.05) is 27.8 Å². The van der Waals surface area contributed by atoms with Gasteiger partial charge in [0.1, 0.15) is 34.7 Å². The van der Waals surface area contributed by atoms with Crippen molar-refractivity contribution < 1.29 is 41.5 Å². The van der Waals surface area contributed by atoms with Crippen LogP contribution in [0.2, 0.25) is 0 Å². The molecule has 2 aliphatic heterocycles. The van der Waals surface area contributed by atoms with Gasteiger partial charge in [-0.25, -0.2) is 18.3 Å². The van der Waals surface area contributed by atoms with Crippen molar-refractivity contribution in [1.29, 1.82) is 0 Å². The van der Waals surface area contributed by atoms with Gasteiger partial charge in [-0.1, -0.05) is 31.2 Å². The van der Waals surface area contributed by atoms with Crippen molar-refractivity contribution in [2.45, 2.75) is 120 Å². The molecule has 0 radical (unpaired) electrons. The van der Waals surface area contributed by atoms with Crippen LogP contribution in [0.25, 0.3) is 0 Å². The van der Waals surface area contributed by atoms with E-state index in [0.29, 0.717) is 32.5 Å². The van der Waals surface area contributed by atoms with Crippen LogP contribution in [0.5, 0.6) is 0 Å². The third-order valence-electron chi connectivity index (χ3n) is 14.1. The molecule has 0 aliphatic carbocycles. The van der Waals surface area contributed by atoms with E-state index in [1.54, 1.807) is 0 Å². The van der Waals surface area contributed by atoms with Crippen molar-refractivity contribution in [1.82, 2.24) is 18.9 Å². The van der Waals surface area contributed by atoms with Crippen LogP contribution >= 0.6 is 0 Å². The Kier molecular flexibility index (Phi) is 11.5. The number of imidazole rings is 2. The SMILES string of the molecule is CCc1cc(C)c(C[n+]2c(C)c(C)n(CCCN3C(=O)c4ccc(C(C)(c5ccc6c(c5)C(=O)N(CCCn5c(C)c(C)[n+](C)c5C)C6=O)C(F)(F)F)cc4C3=O)c2C)cc1C. The highest BCUT2D eigenvalue weighted by Crippen LogP contribution is 2.48. The smallest absolute Gasteiger partial charge is 0.274 e. The maximum absolute atomic E-state index is 15.4. The van der Waals surface area contributed by atoms with E-state index in [2.05, 4.69) is 71.9 Å². The first-order chi connectivity index (χ1) is 29.1. The Bertz CT molecular complexity index is 2680.